The van der Waals surface area contributed by atoms with Gasteiger partial charge in [0.1, 0.15) is 0 Å². The fourth-order valence-corrected chi connectivity index (χ4v) is 2.79. The average Bonchev–Trinajstić information content (AvgIpc) is 2.43. The molecule has 0 aliphatic rings. The van der Waals surface area contributed by atoms with E-state index in [9.17, 15) is 0 Å². The van der Waals surface area contributed by atoms with Gasteiger partial charge in [0.25, 0.3) is 0 Å². The van der Waals surface area contributed by atoms with E-state index >= 15 is 0 Å². The van der Waals surface area contributed by atoms with Crippen molar-refractivity contribution in [3.63, 3.8) is 0 Å². The normalized spacial score (nSPS) is 16.1. The number of nitrogens with zero attached hydrogens (tertiary/aromatic N) is 1. The summed E-state index contributed by atoms with van der Waals surface area (Å²) < 4.78 is 5.25. The van der Waals surface area contributed by atoms with Crippen molar-refractivity contribution < 1.29 is 4.74 Å². The predicted octanol–water partition coefficient (Wildman–Crippen LogP) is 3.48. The lowest BCUT2D eigenvalue weighted by Crippen LogP contribution is -2.45. The summed E-state index contributed by atoms with van der Waals surface area (Å²) in [6.45, 7) is 7.99. The van der Waals surface area contributed by atoms with Crippen molar-refractivity contribution >= 4 is 11.6 Å². The van der Waals surface area contributed by atoms with Gasteiger partial charge < -0.3 is 10.5 Å². The van der Waals surface area contributed by atoms with E-state index in [4.69, 9.17) is 22.1 Å². The lowest BCUT2D eigenvalue weighted by Gasteiger charge is -2.39. The third-order valence-corrected chi connectivity index (χ3v) is 4.13. The molecular formula is C16H27ClN2O. The Morgan fingerprint density at radius 1 is 1.30 bits per heavy atom. The van der Waals surface area contributed by atoms with Crippen molar-refractivity contribution in [1.29, 1.82) is 0 Å². The second-order valence-corrected chi connectivity index (χ2v) is 5.72. The number of hydrogen-bond acceptors (Lipinski definition) is 3. The van der Waals surface area contributed by atoms with Crippen LogP contribution < -0.4 is 5.73 Å². The van der Waals surface area contributed by atoms with Crippen LogP contribution in [0.25, 0.3) is 0 Å². The molecule has 3 nitrogen and oxygen atoms in total. The Morgan fingerprint density at radius 2 is 1.95 bits per heavy atom. The molecule has 0 aliphatic heterocycles. The summed E-state index contributed by atoms with van der Waals surface area (Å²) in [4.78, 5) is 2.40. The predicted molar refractivity (Wildman–Crippen MR) is 86.2 cm³/mol. The molecule has 0 amide bonds. The Morgan fingerprint density at radius 3 is 2.45 bits per heavy atom. The van der Waals surface area contributed by atoms with Crippen LogP contribution in [-0.4, -0.2) is 37.2 Å². The van der Waals surface area contributed by atoms with E-state index in [-0.39, 0.29) is 12.1 Å². The van der Waals surface area contributed by atoms with Crippen molar-refractivity contribution in [3.05, 3.63) is 34.9 Å². The van der Waals surface area contributed by atoms with E-state index in [0.717, 1.165) is 23.6 Å². The second-order valence-electron chi connectivity index (χ2n) is 5.31. The standard InChI is InChI=1S/C16H27ClN2O/c1-5-12(2)19(10-11-20-4)16(13(3)18)14-8-6-7-9-15(14)17/h6-9,12-13,16H,5,10-11,18H2,1-4H3. The Balaban J connectivity index is 3.10. The van der Waals surface area contributed by atoms with Crippen LogP contribution in [0.2, 0.25) is 5.02 Å². The van der Waals surface area contributed by atoms with Gasteiger partial charge in [0.05, 0.1) is 12.6 Å². The highest BCUT2D eigenvalue weighted by Crippen LogP contribution is 2.31. The minimum Gasteiger partial charge on any atom is -0.383 e. The molecule has 20 heavy (non-hydrogen) atoms. The molecule has 4 heteroatoms. The summed E-state index contributed by atoms with van der Waals surface area (Å²) >= 11 is 6.38. The fraction of sp³-hybridized carbons (Fsp3) is 0.625. The lowest BCUT2D eigenvalue weighted by atomic mass is 9.97. The molecule has 0 bridgehead atoms. The number of ether oxygens (including phenoxy) is 1. The van der Waals surface area contributed by atoms with Crippen molar-refractivity contribution in [2.45, 2.75) is 45.3 Å². The maximum atomic E-state index is 6.38. The molecule has 0 spiro atoms. The molecule has 3 unspecified atom stereocenters. The third-order valence-electron chi connectivity index (χ3n) is 3.79. The Bertz CT molecular complexity index is 398. The fourth-order valence-electron chi connectivity index (χ4n) is 2.54. The number of benzene rings is 1. The molecule has 0 aromatic heterocycles. The first-order valence-corrected chi connectivity index (χ1v) is 7.65. The van der Waals surface area contributed by atoms with Crippen LogP contribution in [-0.2, 0) is 4.74 Å². The summed E-state index contributed by atoms with van der Waals surface area (Å²) in [7, 11) is 1.73. The van der Waals surface area contributed by atoms with Gasteiger partial charge in [0, 0.05) is 30.8 Å². The highest BCUT2D eigenvalue weighted by Gasteiger charge is 2.28. The Labute approximate surface area is 128 Å². The third kappa shape index (κ3) is 4.45. The van der Waals surface area contributed by atoms with E-state index in [1.54, 1.807) is 7.11 Å². The van der Waals surface area contributed by atoms with Gasteiger partial charge in [-0.15, -0.1) is 0 Å². The largest absolute Gasteiger partial charge is 0.383 e. The van der Waals surface area contributed by atoms with E-state index in [1.165, 1.54) is 0 Å². The lowest BCUT2D eigenvalue weighted by molar-refractivity contribution is 0.0787. The first-order chi connectivity index (χ1) is 9.52. The highest BCUT2D eigenvalue weighted by molar-refractivity contribution is 6.31. The number of methoxy groups -OCH3 is 1. The minimum atomic E-state index is 0.000700. The van der Waals surface area contributed by atoms with Gasteiger partial charge in [-0.3, -0.25) is 4.90 Å². The number of rotatable bonds is 8. The number of hydrogen-bond donors (Lipinski definition) is 1. The van der Waals surface area contributed by atoms with E-state index < -0.39 is 0 Å². The molecule has 1 aromatic rings. The zero-order valence-electron chi connectivity index (χ0n) is 13.0. The minimum absolute atomic E-state index is 0.000700. The second kappa shape index (κ2) is 8.63. The molecule has 1 aromatic carbocycles. The van der Waals surface area contributed by atoms with E-state index in [2.05, 4.69) is 24.8 Å². The Kier molecular flexibility index (Phi) is 7.52. The van der Waals surface area contributed by atoms with Gasteiger partial charge in [-0.05, 0) is 31.9 Å². The van der Waals surface area contributed by atoms with Gasteiger partial charge in [-0.1, -0.05) is 36.7 Å². The molecule has 0 radical (unpaired) electrons. The Hall–Kier alpha value is -0.610. The van der Waals surface area contributed by atoms with Crippen LogP contribution >= 0.6 is 11.6 Å². The smallest absolute Gasteiger partial charge is 0.0590 e. The van der Waals surface area contributed by atoms with Crippen molar-refractivity contribution in [1.82, 2.24) is 4.90 Å². The quantitative estimate of drug-likeness (QED) is 0.798. The van der Waals surface area contributed by atoms with E-state index in [0.29, 0.717) is 12.6 Å². The average molecular weight is 299 g/mol. The molecule has 0 aliphatic carbocycles. The molecule has 3 atom stereocenters. The molecule has 1 rings (SSSR count). The van der Waals surface area contributed by atoms with Crippen LogP contribution in [0, 0.1) is 0 Å². The van der Waals surface area contributed by atoms with E-state index in [1.807, 2.05) is 25.1 Å². The number of nitrogens with two attached hydrogens (primary N) is 1. The molecule has 0 saturated heterocycles. The monoisotopic (exact) mass is 298 g/mol. The summed E-state index contributed by atoms with van der Waals surface area (Å²) in [5.41, 5.74) is 7.36. The van der Waals surface area contributed by atoms with Crippen molar-refractivity contribution in [2.75, 3.05) is 20.3 Å². The summed E-state index contributed by atoms with van der Waals surface area (Å²) in [5, 5.41) is 0.778. The zero-order valence-corrected chi connectivity index (χ0v) is 13.7. The van der Waals surface area contributed by atoms with Crippen molar-refractivity contribution in [3.8, 4) is 0 Å². The van der Waals surface area contributed by atoms with Crippen molar-refractivity contribution in [2.24, 2.45) is 5.73 Å². The molecule has 0 saturated carbocycles. The van der Waals surface area contributed by atoms with Gasteiger partial charge in [-0.2, -0.15) is 0 Å². The highest BCUT2D eigenvalue weighted by atomic mass is 35.5. The van der Waals surface area contributed by atoms with Crippen LogP contribution in [0.3, 0.4) is 0 Å². The van der Waals surface area contributed by atoms with Gasteiger partial charge in [0.15, 0.2) is 0 Å². The first-order valence-electron chi connectivity index (χ1n) is 7.27. The summed E-state index contributed by atoms with van der Waals surface area (Å²) in [5.74, 6) is 0. The van der Waals surface area contributed by atoms with Crippen LogP contribution in [0.4, 0.5) is 0 Å². The number of halogens is 1. The SMILES string of the molecule is CCC(C)N(CCOC)C(c1ccccc1Cl)C(C)N. The summed E-state index contributed by atoms with van der Waals surface area (Å²) in [6, 6.07) is 8.50. The maximum Gasteiger partial charge on any atom is 0.0590 e. The van der Waals surface area contributed by atoms with Crippen LogP contribution in [0.1, 0.15) is 38.8 Å². The summed E-state index contributed by atoms with van der Waals surface area (Å²) in [6.07, 6.45) is 1.07. The van der Waals surface area contributed by atoms with Gasteiger partial charge >= 0.3 is 0 Å². The first kappa shape index (κ1) is 17.4. The van der Waals surface area contributed by atoms with Crippen LogP contribution in [0.5, 0.6) is 0 Å². The molecular weight excluding hydrogens is 272 g/mol. The molecule has 114 valence electrons. The van der Waals surface area contributed by atoms with Gasteiger partial charge in [-0.25, -0.2) is 0 Å². The van der Waals surface area contributed by atoms with Gasteiger partial charge in [0.2, 0.25) is 0 Å². The van der Waals surface area contributed by atoms with Crippen LogP contribution in [0.15, 0.2) is 24.3 Å². The molecule has 0 fully saturated rings. The maximum absolute atomic E-state index is 6.38. The zero-order chi connectivity index (χ0) is 15.1. The topological polar surface area (TPSA) is 38.5 Å². The molecule has 2 N–H and O–H groups in total. The molecule has 0 heterocycles.